The quantitative estimate of drug-likeness (QED) is 0.753. The van der Waals surface area contributed by atoms with Gasteiger partial charge in [0, 0.05) is 16.8 Å². The van der Waals surface area contributed by atoms with Crippen molar-refractivity contribution in [2.24, 2.45) is 10.2 Å². The molecule has 19 heavy (non-hydrogen) atoms. The summed E-state index contributed by atoms with van der Waals surface area (Å²) in [6.45, 7) is -0.362. The van der Waals surface area contributed by atoms with Gasteiger partial charge < -0.3 is 15.2 Å². The highest BCUT2D eigenvalue weighted by Gasteiger charge is 2.07. The van der Waals surface area contributed by atoms with E-state index in [1.54, 1.807) is 24.3 Å². The van der Waals surface area contributed by atoms with Crippen LogP contribution in [0, 0.1) is 0 Å². The van der Waals surface area contributed by atoms with Gasteiger partial charge in [-0.3, -0.25) is 4.79 Å². The highest BCUT2D eigenvalue weighted by atomic mass is 35.5. The summed E-state index contributed by atoms with van der Waals surface area (Å²) in [6.07, 6.45) is 0. The van der Waals surface area contributed by atoms with Crippen LogP contribution in [-0.4, -0.2) is 15.2 Å². The first-order valence-electron chi connectivity index (χ1n) is 5.33. The molecule has 7 heteroatoms. The second-order valence-electron chi connectivity index (χ2n) is 3.69. The van der Waals surface area contributed by atoms with E-state index in [-0.39, 0.29) is 18.1 Å². The molecule has 0 fully saturated rings. The first-order valence-corrected chi connectivity index (χ1v) is 5.71. The number of aromatic amines is 1. The van der Waals surface area contributed by atoms with E-state index in [0.29, 0.717) is 10.7 Å². The summed E-state index contributed by atoms with van der Waals surface area (Å²) in [7, 11) is 0. The molecule has 0 aliphatic carbocycles. The van der Waals surface area contributed by atoms with Gasteiger partial charge in [-0.25, -0.2) is 0 Å². The fourth-order valence-electron chi connectivity index (χ4n) is 1.36. The van der Waals surface area contributed by atoms with E-state index in [0.717, 1.165) is 6.07 Å². The highest BCUT2D eigenvalue weighted by molar-refractivity contribution is 6.30. The lowest BCUT2D eigenvalue weighted by Gasteiger charge is -2.01. The van der Waals surface area contributed by atoms with Crippen LogP contribution in [0.4, 0.5) is 11.5 Å². The molecule has 3 N–H and O–H groups in total. The fourth-order valence-corrected chi connectivity index (χ4v) is 1.49. The summed E-state index contributed by atoms with van der Waals surface area (Å²) in [6, 6.07) is 7.65. The summed E-state index contributed by atoms with van der Waals surface area (Å²) in [4.78, 5) is 14.0. The SMILES string of the molecule is O=c1cc(CO)[nH]c(N=Nc2ccc(Cl)cc2)c1O. The minimum Gasteiger partial charge on any atom is -0.502 e. The predicted octanol–water partition coefficient (Wildman–Crippen LogP) is 2.64. The molecule has 0 aliphatic heterocycles. The van der Waals surface area contributed by atoms with Crippen molar-refractivity contribution in [3.05, 3.63) is 51.3 Å². The number of aromatic hydroxyl groups is 1. The highest BCUT2D eigenvalue weighted by Crippen LogP contribution is 2.23. The number of nitrogens with zero attached hydrogens (tertiary/aromatic N) is 2. The van der Waals surface area contributed by atoms with Crippen molar-refractivity contribution in [1.29, 1.82) is 0 Å². The van der Waals surface area contributed by atoms with Crippen LogP contribution in [0.1, 0.15) is 5.69 Å². The largest absolute Gasteiger partial charge is 0.502 e. The van der Waals surface area contributed by atoms with Gasteiger partial charge >= 0.3 is 0 Å². The van der Waals surface area contributed by atoms with Gasteiger partial charge in [-0.05, 0) is 24.3 Å². The van der Waals surface area contributed by atoms with Crippen molar-refractivity contribution in [2.45, 2.75) is 6.61 Å². The van der Waals surface area contributed by atoms with Gasteiger partial charge in [0.1, 0.15) is 0 Å². The van der Waals surface area contributed by atoms with E-state index >= 15 is 0 Å². The lowest BCUT2D eigenvalue weighted by Crippen LogP contribution is -2.03. The van der Waals surface area contributed by atoms with Crippen LogP contribution in [0.2, 0.25) is 5.02 Å². The summed E-state index contributed by atoms with van der Waals surface area (Å²) >= 11 is 5.73. The minimum absolute atomic E-state index is 0.105. The number of halogens is 1. The molecule has 0 atom stereocenters. The zero-order valence-corrected chi connectivity index (χ0v) is 10.4. The Bertz CT molecular complexity index is 665. The normalized spacial score (nSPS) is 11.1. The van der Waals surface area contributed by atoms with Crippen molar-refractivity contribution in [2.75, 3.05) is 0 Å². The number of hydrogen-bond donors (Lipinski definition) is 3. The van der Waals surface area contributed by atoms with Gasteiger partial charge in [-0.2, -0.15) is 0 Å². The van der Waals surface area contributed by atoms with Gasteiger partial charge in [-0.15, -0.1) is 10.2 Å². The van der Waals surface area contributed by atoms with E-state index in [9.17, 15) is 9.90 Å². The number of nitrogens with one attached hydrogen (secondary N) is 1. The smallest absolute Gasteiger partial charge is 0.225 e. The monoisotopic (exact) mass is 279 g/mol. The van der Waals surface area contributed by atoms with Crippen molar-refractivity contribution < 1.29 is 10.2 Å². The Hall–Kier alpha value is -2.18. The van der Waals surface area contributed by atoms with Crippen molar-refractivity contribution in [3.63, 3.8) is 0 Å². The number of hydrogen-bond acceptors (Lipinski definition) is 5. The van der Waals surface area contributed by atoms with Gasteiger partial charge in [-0.1, -0.05) is 11.6 Å². The predicted molar refractivity (Wildman–Crippen MR) is 70.3 cm³/mol. The molecule has 6 nitrogen and oxygen atoms in total. The molecule has 2 aromatic rings. The topological polar surface area (TPSA) is 98.0 Å². The van der Waals surface area contributed by atoms with E-state index < -0.39 is 11.2 Å². The molecule has 0 unspecified atom stereocenters. The summed E-state index contributed by atoms with van der Waals surface area (Å²) in [5.74, 6) is -0.651. The second kappa shape index (κ2) is 5.64. The number of H-pyrrole nitrogens is 1. The van der Waals surface area contributed by atoms with E-state index in [4.69, 9.17) is 16.7 Å². The van der Waals surface area contributed by atoms with Crippen molar-refractivity contribution in [1.82, 2.24) is 4.98 Å². The molecule has 0 spiro atoms. The third-order valence-corrected chi connectivity index (χ3v) is 2.56. The van der Waals surface area contributed by atoms with Crippen LogP contribution in [0.15, 0.2) is 45.4 Å². The summed E-state index contributed by atoms with van der Waals surface area (Å²) in [5, 5.41) is 26.7. The third-order valence-electron chi connectivity index (χ3n) is 2.30. The average Bonchev–Trinajstić information content (AvgIpc) is 2.42. The molecule has 98 valence electrons. The van der Waals surface area contributed by atoms with Crippen LogP contribution in [0.25, 0.3) is 0 Å². The van der Waals surface area contributed by atoms with Crippen LogP contribution >= 0.6 is 11.6 Å². The van der Waals surface area contributed by atoms with Crippen LogP contribution in [-0.2, 0) is 6.61 Å². The van der Waals surface area contributed by atoms with Gasteiger partial charge in [0.25, 0.3) is 0 Å². The molecule has 2 rings (SSSR count). The summed E-state index contributed by atoms with van der Waals surface area (Å²) in [5.41, 5.74) is 0.125. The Labute approximate surface area is 113 Å². The molecule has 0 radical (unpaired) electrons. The van der Waals surface area contributed by atoms with Crippen LogP contribution < -0.4 is 5.43 Å². The third kappa shape index (κ3) is 3.18. The van der Waals surface area contributed by atoms with Crippen LogP contribution in [0.5, 0.6) is 5.75 Å². The number of rotatable bonds is 3. The fraction of sp³-hybridized carbons (Fsp3) is 0.0833. The molecule has 1 aromatic heterocycles. The zero-order chi connectivity index (χ0) is 13.8. The number of pyridine rings is 1. The average molecular weight is 280 g/mol. The number of aliphatic hydroxyl groups excluding tert-OH is 1. The standard InChI is InChI=1S/C12H10ClN3O3/c13-7-1-3-8(4-2-7)15-16-12-11(19)10(18)5-9(6-17)14-12/h1-5,17,19H,6H2,(H,14,18). The minimum atomic E-state index is -0.632. The van der Waals surface area contributed by atoms with Crippen LogP contribution in [0.3, 0.4) is 0 Å². The van der Waals surface area contributed by atoms with E-state index in [2.05, 4.69) is 15.2 Å². The molecule has 0 bridgehead atoms. The molecular formula is C12H10ClN3O3. The Balaban J connectivity index is 2.35. The van der Waals surface area contributed by atoms with Gasteiger partial charge in [0.2, 0.25) is 11.2 Å². The van der Waals surface area contributed by atoms with Gasteiger partial charge in [0.05, 0.1) is 12.3 Å². The molecule has 0 saturated heterocycles. The molecule has 0 saturated carbocycles. The first-order chi connectivity index (χ1) is 9.10. The molecule has 0 amide bonds. The maximum Gasteiger partial charge on any atom is 0.225 e. The second-order valence-corrected chi connectivity index (χ2v) is 4.13. The zero-order valence-electron chi connectivity index (χ0n) is 9.67. The number of azo groups is 1. The lowest BCUT2D eigenvalue weighted by atomic mass is 10.3. The Morgan fingerprint density at radius 2 is 1.89 bits per heavy atom. The maximum atomic E-state index is 11.4. The Morgan fingerprint density at radius 3 is 2.53 bits per heavy atom. The molecule has 0 aliphatic rings. The van der Waals surface area contributed by atoms with Gasteiger partial charge in [0.15, 0.2) is 5.82 Å². The maximum absolute atomic E-state index is 11.4. The Kier molecular flexibility index (Phi) is 3.94. The number of benzene rings is 1. The number of aromatic nitrogens is 1. The van der Waals surface area contributed by atoms with E-state index in [1.165, 1.54) is 0 Å². The molecular weight excluding hydrogens is 270 g/mol. The van der Waals surface area contributed by atoms with E-state index in [1.807, 2.05) is 0 Å². The lowest BCUT2D eigenvalue weighted by molar-refractivity contribution is 0.276. The first kappa shape index (κ1) is 13.3. The van der Waals surface area contributed by atoms with Crippen molar-refractivity contribution in [3.8, 4) is 5.75 Å². The Morgan fingerprint density at radius 1 is 1.21 bits per heavy atom. The summed E-state index contributed by atoms with van der Waals surface area (Å²) < 4.78 is 0. The number of aliphatic hydroxyl groups is 1. The molecule has 1 aromatic carbocycles. The van der Waals surface area contributed by atoms with Crippen molar-refractivity contribution >= 4 is 23.1 Å². The molecule has 1 heterocycles.